The number of hydrogen-bond donors (Lipinski definition) is 1. The average molecular weight is 334 g/mol. The molecule has 2 aliphatic rings. The van der Waals surface area contributed by atoms with Crippen molar-refractivity contribution in [1.82, 2.24) is 24.5 Å². The number of benzene rings is 1. The van der Waals surface area contributed by atoms with E-state index in [1.165, 1.54) is 18.7 Å². The normalized spacial score (nSPS) is 25.3. The Kier molecular flexibility index (Phi) is 3.28. The molecule has 3 heterocycles. The topological polar surface area (TPSA) is 58.4 Å². The molecule has 3 aromatic rings. The van der Waals surface area contributed by atoms with Gasteiger partial charge in [0.15, 0.2) is 0 Å². The molecule has 1 unspecified atom stereocenters. The van der Waals surface area contributed by atoms with E-state index in [0.29, 0.717) is 11.8 Å². The highest BCUT2D eigenvalue weighted by molar-refractivity contribution is 5.53. The van der Waals surface area contributed by atoms with Gasteiger partial charge in [-0.2, -0.15) is 14.6 Å². The summed E-state index contributed by atoms with van der Waals surface area (Å²) in [7, 11) is 0. The minimum Gasteiger partial charge on any atom is -0.366 e. The number of nitrogens with one attached hydrogen (secondary N) is 1. The molecule has 1 N–H and O–H groups in total. The Morgan fingerprint density at radius 2 is 1.88 bits per heavy atom. The summed E-state index contributed by atoms with van der Waals surface area (Å²) in [5.74, 6) is 3.18. The largest absolute Gasteiger partial charge is 0.366 e. The number of likely N-dealkylation sites (tertiary alicyclic amines) is 1. The Hall–Kier alpha value is -2.47. The number of hydrogen-bond acceptors (Lipinski definition) is 5. The maximum absolute atomic E-state index is 4.50. The van der Waals surface area contributed by atoms with E-state index in [2.05, 4.69) is 62.5 Å². The van der Waals surface area contributed by atoms with E-state index in [4.69, 9.17) is 0 Å². The molecule has 5 rings (SSSR count). The number of aryl methyl sites for hydroxylation is 1. The van der Waals surface area contributed by atoms with Gasteiger partial charge >= 0.3 is 0 Å². The third kappa shape index (κ3) is 2.48. The van der Waals surface area contributed by atoms with Gasteiger partial charge in [0, 0.05) is 36.9 Å². The lowest BCUT2D eigenvalue weighted by Gasteiger charge is -2.21. The van der Waals surface area contributed by atoms with Gasteiger partial charge in [-0.3, -0.25) is 4.90 Å². The van der Waals surface area contributed by atoms with Crippen LogP contribution in [0.5, 0.6) is 0 Å². The fraction of sp³-hybridized carbons (Fsp3) is 0.421. The molecule has 2 aromatic heterocycles. The highest BCUT2D eigenvalue weighted by Crippen LogP contribution is 2.47. The first-order valence-electron chi connectivity index (χ1n) is 8.90. The fourth-order valence-electron chi connectivity index (χ4n) is 4.16. The van der Waals surface area contributed by atoms with Gasteiger partial charge in [0.1, 0.15) is 12.1 Å². The molecule has 1 saturated heterocycles. The van der Waals surface area contributed by atoms with Crippen molar-refractivity contribution < 1.29 is 0 Å². The van der Waals surface area contributed by atoms with Crippen molar-refractivity contribution in [3.05, 3.63) is 53.5 Å². The zero-order valence-corrected chi connectivity index (χ0v) is 14.6. The van der Waals surface area contributed by atoms with Crippen LogP contribution in [0.3, 0.4) is 0 Å². The number of nitrogens with zero attached hydrogens (tertiary/aromatic N) is 5. The second-order valence-corrected chi connectivity index (χ2v) is 7.32. The number of piperidine rings is 1. The van der Waals surface area contributed by atoms with Crippen LogP contribution in [0.15, 0.2) is 36.7 Å². The monoisotopic (exact) mass is 334 g/mol. The third-order valence-corrected chi connectivity index (χ3v) is 5.73. The molecule has 128 valence electrons. The number of rotatable bonds is 4. The average Bonchev–Trinajstić information content (AvgIpc) is 2.97. The van der Waals surface area contributed by atoms with Crippen molar-refractivity contribution in [2.24, 2.45) is 11.8 Å². The molecule has 6 nitrogen and oxygen atoms in total. The standard InChI is InChI=1S/C19H22N6/c1-12-13(2)22-19-20-11-21-25(19)18(12)23-17-15-9-24(10-16(15)17)8-14-6-4-3-5-7-14/h3-7,11,15-17,23H,8-10H2,1-2H3/t15-,16+,17?. The highest BCUT2D eigenvalue weighted by Gasteiger charge is 2.55. The molecule has 1 saturated carbocycles. The summed E-state index contributed by atoms with van der Waals surface area (Å²) in [5.41, 5.74) is 3.57. The summed E-state index contributed by atoms with van der Waals surface area (Å²) >= 11 is 0. The second-order valence-electron chi connectivity index (χ2n) is 7.32. The molecule has 0 radical (unpaired) electrons. The van der Waals surface area contributed by atoms with Gasteiger partial charge in [0.05, 0.1) is 0 Å². The van der Waals surface area contributed by atoms with Crippen LogP contribution in [0, 0.1) is 25.7 Å². The van der Waals surface area contributed by atoms with Crippen LogP contribution in [0.1, 0.15) is 16.8 Å². The lowest BCUT2D eigenvalue weighted by molar-refractivity contribution is 0.292. The van der Waals surface area contributed by atoms with Crippen LogP contribution in [-0.4, -0.2) is 43.6 Å². The zero-order valence-electron chi connectivity index (χ0n) is 14.6. The van der Waals surface area contributed by atoms with Crippen molar-refractivity contribution in [2.45, 2.75) is 26.4 Å². The summed E-state index contributed by atoms with van der Waals surface area (Å²) in [4.78, 5) is 11.3. The first-order chi connectivity index (χ1) is 12.2. The lowest BCUT2D eigenvalue weighted by atomic mass is 10.2. The molecular formula is C19H22N6. The molecule has 2 fully saturated rings. The Bertz CT molecular complexity index is 906. The van der Waals surface area contributed by atoms with Gasteiger partial charge in [0.25, 0.3) is 5.78 Å². The summed E-state index contributed by atoms with van der Waals surface area (Å²) < 4.78 is 1.83. The molecular weight excluding hydrogens is 312 g/mol. The summed E-state index contributed by atoms with van der Waals surface area (Å²) in [6, 6.07) is 11.3. The Balaban J connectivity index is 1.28. The van der Waals surface area contributed by atoms with Crippen LogP contribution in [0.25, 0.3) is 5.78 Å². The van der Waals surface area contributed by atoms with E-state index in [0.717, 1.165) is 35.5 Å². The van der Waals surface area contributed by atoms with E-state index >= 15 is 0 Å². The highest BCUT2D eigenvalue weighted by atomic mass is 15.4. The maximum atomic E-state index is 4.50. The maximum Gasteiger partial charge on any atom is 0.254 e. The molecule has 0 amide bonds. The molecule has 6 heteroatoms. The Morgan fingerprint density at radius 1 is 1.12 bits per heavy atom. The van der Waals surface area contributed by atoms with Crippen LogP contribution in [0.2, 0.25) is 0 Å². The van der Waals surface area contributed by atoms with Gasteiger partial charge in [0.2, 0.25) is 0 Å². The number of aromatic nitrogens is 4. The molecule has 3 atom stereocenters. The van der Waals surface area contributed by atoms with Crippen LogP contribution >= 0.6 is 0 Å². The molecule has 0 bridgehead atoms. The van der Waals surface area contributed by atoms with E-state index in [-0.39, 0.29) is 0 Å². The van der Waals surface area contributed by atoms with Crippen molar-refractivity contribution in [1.29, 1.82) is 0 Å². The minimum absolute atomic E-state index is 0.542. The number of anilines is 1. The zero-order chi connectivity index (χ0) is 17.0. The minimum atomic E-state index is 0.542. The van der Waals surface area contributed by atoms with Crippen LogP contribution in [0.4, 0.5) is 5.82 Å². The first kappa shape index (κ1) is 14.8. The lowest BCUT2D eigenvalue weighted by Crippen LogP contribution is -2.28. The van der Waals surface area contributed by atoms with Crippen molar-refractivity contribution in [3.63, 3.8) is 0 Å². The van der Waals surface area contributed by atoms with Crippen molar-refractivity contribution >= 4 is 11.6 Å². The molecule has 1 aliphatic carbocycles. The smallest absolute Gasteiger partial charge is 0.254 e. The van der Waals surface area contributed by atoms with Gasteiger partial charge in [-0.05, 0) is 31.2 Å². The van der Waals surface area contributed by atoms with Gasteiger partial charge < -0.3 is 5.32 Å². The van der Waals surface area contributed by atoms with Gasteiger partial charge in [-0.25, -0.2) is 4.98 Å². The fourth-order valence-corrected chi connectivity index (χ4v) is 4.16. The van der Waals surface area contributed by atoms with Crippen molar-refractivity contribution in [3.8, 4) is 0 Å². The molecule has 1 aromatic carbocycles. The molecule has 0 spiro atoms. The van der Waals surface area contributed by atoms with Crippen molar-refractivity contribution in [2.75, 3.05) is 18.4 Å². The SMILES string of the molecule is Cc1nc2ncnn2c(NC2[C@H]3CN(Cc4ccccc4)C[C@@H]23)c1C. The van der Waals surface area contributed by atoms with Crippen LogP contribution in [-0.2, 0) is 6.54 Å². The van der Waals surface area contributed by atoms with E-state index in [1.807, 2.05) is 11.4 Å². The quantitative estimate of drug-likeness (QED) is 0.793. The van der Waals surface area contributed by atoms with E-state index in [1.54, 1.807) is 6.33 Å². The van der Waals surface area contributed by atoms with Gasteiger partial charge in [-0.15, -0.1) is 0 Å². The summed E-state index contributed by atoms with van der Waals surface area (Å²) in [5, 5.41) is 8.07. The predicted molar refractivity (Wildman–Crippen MR) is 96.4 cm³/mol. The van der Waals surface area contributed by atoms with Gasteiger partial charge in [-0.1, -0.05) is 30.3 Å². The predicted octanol–water partition coefficient (Wildman–Crippen LogP) is 2.28. The second kappa shape index (κ2) is 5.52. The number of fused-ring (bicyclic) bond motifs is 2. The summed E-state index contributed by atoms with van der Waals surface area (Å²) in [6.07, 6.45) is 1.57. The first-order valence-corrected chi connectivity index (χ1v) is 8.90. The van der Waals surface area contributed by atoms with E-state index < -0.39 is 0 Å². The summed E-state index contributed by atoms with van der Waals surface area (Å²) in [6.45, 7) is 7.53. The van der Waals surface area contributed by atoms with Crippen LogP contribution < -0.4 is 5.32 Å². The Labute approximate surface area is 146 Å². The molecule has 25 heavy (non-hydrogen) atoms. The Morgan fingerprint density at radius 3 is 2.64 bits per heavy atom. The third-order valence-electron chi connectivity index (χ3n) is 5.73. The van der Waals surface area contributed by atoms with E-state index in [9.17, 15) is 0 Å². The molecule has 1 aliphatic heterocycles.